The highest BCUT2D eigenvalue weighted by atomic mass is 19.1. The lowest BCUT2D eigenvalue weighted by Crippen LogP contribution is -2.20. The van der Waals surface area contributed by atoms with Gasteiger partial charge in [-0.1, -0.05) is 12.1 Å². The standard InChI is InChI=1S/C11H10FN3O/c12-11-8(2-1-3-9(11)13)6-15-7-14-5-4-10(15)16/h1-5,7H,6,13H2. The first kappa shape index (κ1) is 10.4. The summed E-state index contributed by atoms with van der Waals surface area (Å²) in [5.41, 5.74) is 5.66. The zero-order valence-corrected chi connectivity index (χ0v) is 8.43. The zero-order chi connectivity index (χ0) is 11.5. The summed E-state index contributed by atoms with van der Waals surface area (Å²) >= 11 is 0. The van der Waals surface area contributed by atoms with Gasteiger partial charge in [-0.15, -0.1) is 0 Å². The van der Waals surface area contributed by atoms with Crippen LogP contribution in [0.3, 0.4) is 0 Å². The number of halogens is 1. The maximum absolute atomic E-state index is 13.6. The Balaban J connectivity index is 2.38. The minimum Gasteiger partial charge on any atom is -0.396 e. The second kappa shape index (κ2) is 4.14. The molecule has 1 aromatic heterocycles. The molecule has 0 fully saturated rings. The van der Waals surface area contributed by atoms with Gasteiger partial charge in [0.15, 0.2) is 5.82 Å². The highest BCUT2D eigenvalue weighted by Gasteiger charge is 2.06. The van der Waals surface area contributed by atoms with Gasteiger partial charge in [-0.2, -0.15) is 0 Å². The van der Waals surface area contributed by atoms with Gasteiger partial charge in [0.25, 0.3) is 5.56 Å². The van der Waals surface area contributed by atoms with Gasteiger partial charge in [0.2, 0.25) is 0 Å². The fraction of sp³-hybridized carbons (Fsp3) is 0.0909. The Kier molecular flexibility index (Phi) is 2.68. The molecule has 0 radical (unpaired) electrons. The third kappa shape index (κ3) is 1.93. The lowest BCUT2D eigenvalue weighted by molar-refractivity contribution is 0.598. The van der Waals surface area contributed by atoms with Crippen molar-refractivity contribution >= 4 is 5.69 Å². The molecule has 0 atom stereocenters. The normalized spacial score (nSPS) is 10.3. The van der Waals surface area contributed by atoms with Crippen LogP contribution >= 0.6 is 0 Å². The summed E-state index contributed by atoms with van der Waals surface area (Å²) < 4.78 is 14.9. The maximum Gasteiger partial charge on any atom is 0.253 e. The van der Waals surface area contributed by atoms with E-state index in [1.54, 1.807) is 12.1 Å². The van der Waals surface area contributed by atoms with E-state index in [-0.39, 0.29) is 17.8 Å². The van der Waals surface area contributed by atoms with Crippen LogP contribution in [0.2, 0.25) is 0 Å². The monoisotopic (exact) mass is 219 g/mol. The molecular formula is C11H10FN3O. The number of nitrogens with zero attached hydrogens (tertiary/aromatic N) is 2. The SMILES string of the molecule is Nc1cccc(Cn2cnccc2=O)c1F. The van der Waals surface area contributed by atoms with Crippen molar-refractivity contribution in [2.24, 2.45) is 0 Å². The molecule has 4 nitrogen and oxygen atoms in total. The van der Waals surface area contributed by atoms with Gasteiger partial charge in [-0.25, -0.2) is 9.37 Å². The molecule has 1 aromatic carbocycles. The van der Waals surface area contributed by atoms with Crippen molar-refractivity contribution in [3.05, 3.63) is 58.5 Å². The number of nitrogen functional groups attached to an aromatic ring is 1. The van der Waals surface area contributed by atoms with Crippen LogP contribution < -0.4 is 11.3 Å². The number of anilines is 1. The molecule has 0 amide bonds. The molecule has 2 rings (SSSR count). The van der Waals surface area contributed by atoms with Gasteiger partial charge < -0.3 is 5.73 Å². The first-order chi connectivity index (χ1) is 7.68. The van der Waals surface area contributed by atoms with E-state index in [0.717, 1.165) is 0 Å². The molecule has 0 aliphatic carbocycles. The Hall–Kier alpha value is -2.17. The molecule has 0 saturated heterocycles. The van der Waals surface area contributed by atoms with Crippen molar-refractivity contribution in [2.45, 2.75) is 6.54 Å². The Bertz CT molecular complexity index is 565. The first-order valence-corrected chi connectivity index (χ1v) is 4.72. The Morgan fingerprint density at radius 1 is 1.38 bits per heavy atom. The number of rotatable bonds is 2. The molecule has 2 N–H and O–H groups in total. The fourth-order valence-electron chi connectivity index (χ4n) is 1.40. The molecular weight excluding hydrogens is 209 g/mol. The second-order valence-corrected chi connectivity index (χ2v) is 3.37. The summed E-state index contributed by atoms with van der Waals surface area (Å²) in [5, 5.41) is 0. The van der Waals surface area contributed by atoms with Gasteiger partial charge >= 0.3 is 0 Å². The van der Waals surface area contributed by atoms with Crippen LogP contribution in [0.1, 0.15) is 5.56 Å². The van der Waals surface area contributed by atoms with Gasteiger partial charge in [-0.05, 0) is 6.07 Å². The van der Waals surface area contributed by atoms with Gasteiger partial charge in [0.05, 0.1) is 18.6 Å². The predicted octanol–water partition coefficient (Wildman–Crippen LogP) is 1.01. The summed E-state index contributed by atoms with van der Waals surface area (Å²) in [6.07, 6.45) is 2.76. The lowest BCUT2D eigenvalue weighted by Gasteiger charge is -2.06. The number of hydrogen-bond donors (Lipinski definition) is 1. The molecule has 2 aromatic rings. The Labute approximate surface area is 91.2 Å². The third-order valence-corrected chi connectivity index (χ3v) is 2.24. The average Bonchev–Trinajstić information content (AvgIpc) is 2.28. The van der Waals surface area contributed by atoms with Crippen LogP contribution in [-0.4, -0.2) is 9.55 Å². The van der Waals surface area contributed by atoms with E-state index in [2.05, 4.69) is 4.98 Å². The molecule has 16 heavy (non-hydrogen) atoms. The number of hydrogen-bond acceptors (Lipinski definition) is 3. The van der Waals surface area contributed by atoms with E-state index in [4.69, 9.17) is 5.73 Å². The van der Waals surface area contributed by atoms with E-state index < -0.39 is 5.82 Å². The van der Waals surface area contributed by atoms with E-state index >= 15 is 0 Å². The molecule has 0 saturated carbocycles. The summed E-state index contributed by atoms with van der Waals surface area (Å²) in [6, 6.07) is 6.04. The van der Waals surface area contributed by atoms with Crippen molar-refractivity contribution in [2.75, 3.05) is 5.73 Å². The van der Waals surface area contributed by atoms with E-state index in [1.165, 1.54) is 29.2 Å². The van der Waals surface area contributed by atoms with Crippen molar-refractivity contribution in [3.63, 3.8) is 0 Å². The summed E-state index contributed by atoms with van der Waals surface area (Å²) in [4.78, 5) is 15.2. The maximum atomic E-state index is 13.6. The Morgan fingerprint density at radius 2 is 2.19 bits per heavy atom. The first-order valence-electron chi connectivity index (χ1n) is 4.72. The summed E-state index contributed by atoms with van der Waals surface area (Å²) in [6.45, 7) is 0.129. The smallest absolute Gasteiger partial charge is 0.253 e. The molecule has 1 heterocycles. The molecule has 82 valence electrons. The number of benzene rings is 1. The van der Waals surface area contributed by atoms with Gasteiger partial charge in [0.1, 0.15) is 0 Å². The van der Waals surface area contributed by atoms with Gasteiger partial charge in [0, 0.05) is 17.8 Å². The lowest BCUT2D eigenvalue weighted by atomic mass is 10.2. The number of aromatic nitrogens is 2. The molecule has 5 heteroatoms. The van der Waals surface area contributed by atoms with Crippen molar-refractivity contribution < 1.29 is 4.39 Å². The minimum absolute atomic E-state index is 0.0782. The van der Waals surface area contributed by atoms with Crippen LogP contribution in [-0.2, 0) is 6.54 Å². The van der Waals surface area contributed by atoms with Crippen LogP contribution in [0.25, 0.3) is 0 Å². The fourth-order valence-corrected chi connectivity index (χ4v) is 1.40. The average molecular weight is 219 g/mol. The van der Waals surface area contributed by atoms with Crippen molar-refractivity contribution in [1.82, 2.24) is 9.55 Å². The van der Waals surface area contributed by atoms with Crippen molar-refractivity contribution in [3.8, 4) is 0 Å². The van der Waals surface area contributed by atoms with Crippen LogP contribution in [0.4, 0.5) is 10.1 Å². The molecule has 0 unspecified atom stereocenters. The van der Waals surface area contributed by atoms with E-state index in [1.807, 2.05) is 0 Å². The van der Waals surface area contributed by atoms with Crippen LogP contribution in [0.5, 0.6) is 0 Å². The summed E-state index contributed by atoms with van der Waals surface area (Å²) in [5.74, 6) is -0.488. The highest BCUT2D eigenvalue weighted by molar-refractivity contribution is 5.42. The van der Waals surface area contributed by atoms with Crippen LogP contribution in [0.15, 0.2) is 41.6 Å². The number of nitrogens with two attached hydrogens (primary N) is 1. The Morgan fingerprint density at radius 3 is 2.94 bits per heavy atom. The predicted molar refractivity (Wildman–Crippen MR) is 58.4 cm³/mol. The largest absolute Gasteiger partial charge is 0.396 e. The molecule has 0 spiro atoms. The topological polar surface area (TPSA) is 60.9 Å². The van der Waals surface area contributed by atoms with Crippen LogP contribution in [0, 0.1) is 5.82 Å². The van der Waals surface area contributed by atoms with Crippen molar-refractivity contribution in [1.29, 1.82) is 0 Å². The van der Waals surface area contributed by atoms with E-state index in [9.17, 15) is 9.18 Å². The van der Waals surface area contributed by atoms with E-state index in [0.29, 0.717) is 5.56 Å². The molecule has 0 aliphatic rings. The third-order valence-electron chi connectivity index (χ3n) is 2.24. The quantitative estimate of drug-likeness (QED) is 0.767. The molecule has 0 bridgehead atoms. The van der Waals surface area contributed by atoms with Gasteiger partial charge in [-0.3, -0.25) is 9.36 Å². The molecule has 0 aliphatic heterocycles. The zero-order valence-electron chi connectivity index (χ0n) is 8.43. The second-order valence-electron chi connectivity index (χ2n) is 3.37. The summed E-state index contributed by atoms with van der Waals surface area (Å²) in [7, 11) is 0. The minimum atomic E-state index is -0.488. The highest BCUT2D eigenvalue weighted by Crippen LogP contribution is 2.14.